The van der Waals surface area contributed by atoms with Crippen molar-refractivity contribution in [2.75, 3.05) is 0 Å². The van der Waals surface area contributed by atoms with E-state index in [1.54, 1.807) is 0 Å². The van der Waals surface area contributed by atoms with Crippen molar-refractivity contribution in [3.05, 3.63) is 78.4 Å². The zero-order valence-electron chi connectivity index (χ0n) is 10.1. The van der Waals surface area contributed by atoms with E-state index >= 15 is 0 Å². The molecule has 0 fully saturated rings. The molecule has 0 amide bonds. The smallest absolute Gasteiger partial charge is 0.0639 e. The van der Waals surface area contributed by atoms with E-state index in [0.29, 0.717) is 0 Å². The van der Waals surface area contributed by atoms with Crippen LogP contribution in [0.1, 0.15) is 5.56 Å². The Kier molecular flexibility index (Phi) is 3.24. The molecular weight excluding hydrogens is 232 g/mol. The summed E-state index contributed by atoms with van der Waals surface area (Å²) in [5.41, 5.74) is 1.45. The summed E-state index contributed by atoms with van der Waals surface area (Å²) in [4.78, 5) is 0. The minimum absolute atomic E-state index is 0.845. The second-order valence-electron chi connectivity index (χ2n) is 4.36. The molecule has 3 aromatic carbocycles. The second-order valence-corrected chi connectivity index (χ2v) is 5.64. The van der Waals surface area contributed by atoms with Crippen LogP contribution in [-0.4, -0.2) is 9.52 Å². The maximum Gasteiger partial charge on any atom is 0.0856 e. The molecule has 1 heteroatoms. The third-order valence-electron chi connectivity index (χ3n) is 3.14. The molecule has 86 valence electrons. The van der Waals surface area contributed by atoms with Crippen molar-refractivity contribution >= 4 is 25.5 Å². The topological polar surface area (TPSA) is 0 Å². The van der Waals surface area contributed by atoms with Gasteiger partial charge in [0.15, 0.2) is 0 Å². The second kappa shape index (κ2) is 5.19. The van der Waals surface area contributed by atoms with Crippen LogP contribution >= 0.6 is 0 Å². The fourth-order valence-electron chi connectivity index (χ4n) is 2.20. The summed E-state index contributed by atoms with van der Waals surface area (Å²) in [6.45, 7) is 0. The minimum Gasteiger partial charge on any atom is -0.0639 e. The molecule has 0 unspecified atom stereocenters. The van der Waals surface area contributed by atoms with E-state index in [9.17, 15) is 0 Å². The number of hydrogen-bond donors (Lipinski definition) is 0. The molecule has 0 saturated carbocycles. The molecular formula is C17H14Si. The van der Waals surface area contributed by atoms with Crippen molar-refractivity contribution < 1.29 is 0 Å². The summed E-state index contributed by atoms with van der Waals surface area (Å²) < 4.78 is 0. The standard InChI is InChI=1S/C17H14Si/c1-2-10-16(11-3-1)18-13-15-9-6-8-14-7-4-5-12-17(14)15/h1-12H,13H2. The van der Waals surface area contributed by atoms with E-state index in [4.69, 9.17) is 0 Å². The highest BCUT2D eigenvalue weighted by molar-refractivity contribution is 6.53. The Balaban J connectivity index is 1.87. The predicted octanol–water partition coefficient (Wildman–Crippen LogP) is 3.37. The van der Waals surface area contributed by atoms with Crippen molar-refractivity contribution in [2.24, 2.45) is 0 Å². The molecule has 3 aromatic rings. The third kappa shape index (κ3) is 2.36. The van der Waals surface area contributed by atoms with E-state index in [-0.39, 0.29) is 0 Å². The molecule has 0 saturated heterocycles. The molecule has 0 spiro atoms. The lowest BCUT2D eigenvalue weighted by molar-refractivity contribution is 1.43. The maximum absolute atomic E-state index is 2.25. The number of hydrogen-bond acceptors (Lipinski definition) is 0. The van der Waals surface area contributed by atoms with Gasteiger partial charge in [0.1, 0.15) is 0 Å². The van der Waals surface area contributed by atoms with E-state index in [1.807, 2.05) is 0 Å². The van der Waals surface area contributed by atoms with Gasteiger partial charge >= 0.3 is 0 Å². The van der Waals surface area contributed by atoms with Crippen molar-refractivity contribution in [3.63, 3.8) is 0 Å². The molecule has 0 heterocycles. The van der Waals surface area contributed by atoms with Gasteiger partial charge in [-0.2, -0.15) is 0 Å². The predicted molar refractivity (Wildman–Crippen MR) is 79.5 cm³/mol. The molecule has 0 aliphatic carbocycles. The Morgan fingerprint density at radius 3 is 2.28 bits per heavy atom. The maximum atomic E-state index is 2.25. The Labute approximate surface area is 110 Å². The van der Waals surface area contributed by atoms with Crippen molar-refractivity contribution in [3.8, 4) is 0 Å². The number of fused-ring (bicyclic) bond motifs is 1. The largest absolute Gasteiger partial charge is 0.0856 e. The average Bonchev–Trinajstić information content (AvgIpc) is 2.46. The van der Waals surface area contributed by atoms with Gasteiger partial charge in [0.25, 0.3) is 0 Å². The van der Waals surface area contributed by atoms with Crippen LogP contribution in [0, 0.1) is 0 Å². The van der Waals surface area contributed by atoms with Gasteiger partial charge in [-0.05, 0) is 22.4 Å². The lowest BCUT2D eigenvalue weighted by atomic mass is 10.1. The van der Waals surface area contributed by atoms with Gasteiger partial charge in [-0.1, -0.05) is 78.0 Å². The summed E-state index contributed by atoms with van der Waals surface area (Å²) in [6, 6.07) is 27.1. The first-order valence-corrected chi connectivity index (χ1v) is 7.40. The van der Waals surface area contributed by atoms with Crippen LogP contribution in [-0.2, 0) is 6.04 Å². The highest BCUT2D eigenvalue weighted by atomic mass is 28.2. The fraction of sp³-hybridized carbons (Fsp3) is 0.0588. The summed E-state index contributed by atoms with van der Waals surface area (Å²) in [6.07, 6.45) is 0. The Hall–Kier alpha value is -1.86. The molecule has 0 aliphatic heterocycles. The third-order valence-corrected chi connectivity index (χ3v) is 4.44. The van der Waals surface area contributed by atoms with Crippen LogP contribution in [0.4, 0.5) is 0 Å². The molecule has 0 aliphatic rings. The number of benzene rings is 3. The number of rotatable bonds is 3. The van der Waals surface area contributed by atoms with Crippen LogP contribution in [0.25, 0.3) is 10.8 Å². The highest BCUT2D eigenvalue weighted by Crippen LogP contribution is 2.18. The van der Waals surface area contributed by atoms with Crippen LogP contribution in [0.3, 0.4) is 0 Å². The Bertz CT molecular complexity index is 639. The summed E-state index contributed by atoms with van der Waals surface area (Å²) >= 11 is 0. The van der Waals surface area contributed by atoms with Gasteiger partial charge in [-0.3, -0.25) is 0 Å². The van der Waals surface area contributed by atoms with Gasteiger partial charge in [0.05, 0.1) is 9.52 Å². The van der Waals surface area contributed by atoms with E-state index in [0.717, 1.165) is 15.6 Å². The lowest BCUT2D eigenvalue weighted by Gasteiger charge is -2.05. The van der Waals surface area contributed by atoms with E-state index < -0.39 is 0 Å². The zero-order valence-corrected chi connectivity index (χ0v) is 11.1. The first kappa shape index (κ1) is 11.2. The summed E-state index contributed by atoms with van der Waals surface area (Å²) in [5, 5.41) is 4.17. The van der Waals surface area contributed by atoms with Crippen LogP contribution in [0.15, 0.2) is 72.8 Å². The summed E-state index contributed by atoms with van der Waals surface area (Å²) in [5.74, 6) is 0. The average molecular weight is 246 g/mol. The first-order valence-electron chi connectivity index (χ1n) is 6.19. The normalized spacial score (nSPS) is 10.7. The Morgan fingerprint density at radius 2 is 1.39 bits per heavy atom. The van der Waals surface area contributed by atoms with Gasteiger partial charge in [0, 0.05) is 0 Å². The molecule has 0 nitrogen and oxygen atoms in total. The van der Waals surface area contributed by atoms with Gasteiger partial charge in [-0.15, -0.1) is 0 Å². The lowest BCUT2D eigenvalue weighted by Crippen LogP contribution is -2.15. The highest BCUT2D eigenvalue weighted by Gasteiger charge is 2.01. The first-order chi connectivity index (χ1) is 8.93. The molecule has 0 atom stereocenters. The SMILES string of the molecule is c1ccc([Si]Cc2cccc3ccccc23)cc1. The van der Waals surface area contributed by atoms with Gasteiger partial charge in [0.2, 0.25) is 0 Å². The summed E-state index contributed by atoms with van der Waals surface area (Å²) in [7, 11) is 0.845. The van der Waals surface area contributed by atoms with E-state index in [1.165, 1.54) is 21.5 Å². The molecule has 0 aromatic heterocycles. The zero-order chi connectivity index (χ0) is 12.2. The van der Waals surface area contributed by atoms with Crippen molar-refractivity contribution in [1.29, 1.82) is 0 Å². The quantitative estimate of drug-likeness (QED) is 0.622. The van der Waals surface area contributed by atoms with Crippen LogP contribution < -0.4 is 5.19 Å². The van der Waals surface area contributed by atoms with Crippen LogP contribution in [0.2, 0.25) is 0 Å². The molecule has 3 rings (SSSR count). The minimum atomic E-state index is 0.845. The molecule has 0 N–H and O–H groups in total. The molecule has 2 radical (unpaired) electrons. The Morgan fingerprint density at radius 1 is 0.667 bits per heavy atom. The van der Waals surface area contributed by atoms with E-state index in [2.05, 4.69) is 72.8 Å². The van der Waals surface area contributed by atoms with Crippen molar-refractivity contribution in [1.82, 2.24) is 0 Å². The monoisotopic (exact) mass is 246 g/mol. The fourth-order valence-corrected chi connectivity index (χ4v) is 3.33. The van der Waals surface area contributed by atoms with Gasteiger partial charge < -0.3 is 0 Å². The van der Waals surface area contributed by atoms with Crippen LogP contribution in [0.5, 0.6) is 0 Å². The van der Waals surface area contributed by atoms with Gasteiger partial charge in [-0.25, -0.2) is 0 Å². The molecule has 18 heavy (non-hydrogen) atoms. The van der Waals surface area contributed by atoms with Crippen molar-refractivity contribution in [2.45, 2.75) is 6.04 Å². The molecule has 0 bridgehead atoms.